The van der Waals surface area contributed by atoms with Crippen LogP contribution in [-0.4, -0.2) is 11.4 Å². The zero-order valence-electron chi connectivity index (χ0n) is 6.37. The van der Waals surface area contributed by atoms with E-state index in [1.807, 2.05) is 29.6 Å². The van der Waals surface area contributed by atoms with Gasteiger partial charge in [0.05, 0.1) is 0 Å². The molecule has 0 spiro atoms. The summed E-state index contributed by atoms with van der Waals surface area (Å²) in [5, 5.41) is 0. The van der Waals surface area contributed by atoms with Crippen LogP contribution in [0.3, 0.4) is 0 Å². The topological polar surface area (TPSA) is 3.24 Å². The summed E-state index contributed by atoms with van der Waals surface area (Å²) in [6.45, 7) is 0.893. The van der Waals surface area contributed by atoms with Gasteiger partial charge in [-0.05, 0) is 12.6 Å². The molecule has 0 amide bonds. The highest BCUT2D eigenvalue weighted by atomic mass is 35.5. The third-order valence-corrected chi connectivity index (χ3v) is 1.40. The zero-order chi connectivity index (χ0) is 7.40. The minimum atomic E-state index is 0. The Labute approximate surface area is 79.4 Å². The second-order valence-electron chi connectivity index (χ2n) is 2.30. The maximum Gasteiger partial charge on any atom is 0.0335 e. The van der Waals surface area contributed by atoms with Crippen molar-refractivity contribution in [1.29, 1.82) is 0 Å². The Kier molecular flexibility index (Phi) is 5.38. The van der Waals surface area contributed by atoms with Gasteiger partial charge in [0.15, 0.2) is 0 Å². The maximum absolute atomic E-state index is 4.14. The van der Waals surface area contributed by atoms with Crippen molar-refractivity contribution in [3.8, 4) is 0 Å². The van der Waals surface area contributed by atoms with Gasteiger partial charge in [-0.1, -0.05) is 43.1 Å². The monoisotopic (exact) mass is 188 g/mol. The molecule has 0 aliphatic carbocycles. The van der Waals surface area contributed by atoms with Gasteiger partial charge in [-0.3, -0.25) is 4.31 Å². The molecule has 0 saturated heterocycles. The molecule has 0 saturated carbocycles. The first-order chi connectivity index (χ1) is 4.79. The van der Waals surface area contributed by atoms with E-state index < -0.39 is 0 Å². The van der Waals surface area contributed by atoms with Crippen molar-refractivity contribution in [2.45, 2.75) is 6.54 Å². The average molecular weight is 189 g/mol. The van der Waals surface area contributed by atoms with Gasteiger partial charge < -0.3 is 12.4 Å². The van der Waals surface area contributed by atoms with Crippen LogP contribution in [0.15, 0.2) is 30.3 Å². The van der Waals surface area contributed by atoms with E-state index in [0.717, 1.165) is 6.54 Å². The summed E-state index contributed by atoms with van der Waals surface area (Å²) >= 11 is 4.14. The van der Waals surface area contributed by atoms with Gasteiger partial charge in [0.2, 0.25) is 0 Å². The molecule has 3 heteroatoms. The molecule has 1 rings (SSSR count). The Hall–Kier alpha value is -0.180. The molecule has 0 aromatic heterocycles. The molecule has 0 unspecified atom stereocenters. The highest BCUT2D eigenvalue weighted by Gasteiger charge is 1.91. The summed E-state index contributed by atoms with van der Waals surface area (Å²) in [4.78, 5) is 0. The Morgan fingerprint density at radius 1 is 1.27 bits per heavy atom. The molecule has 11 heavy (non-hydrogen) atoms. The van der Waals surface area contributed by atoms with Crippen molar-refractivity contribution >= 4 is 12.8 Å². The number of nitrogens with zero attached hydrogens (tertiary/aromatic N) is 1. The summed E-state index contributed by atoms with van der Waals surface area (Å²) < 4.78 is 1.86. The van der Waals surface area contributed by atoms with Crippen LogP contribution in [-0.2, 0) is 6.54 Å². The fourth-order valence-corrected chi connectivity index (χ4v) is 1.01. The minimum absolute atomic E-state index is 0. The molecule has 0 N–H and O–H groups in total. The van der Waals surface area contributed by atoms with Gasteiger partial charge in [0.1, 0.15) is 0 Å². The molecule has 62 valence electrons. The van der Waals surface area contributed by atoms with Gasteiger partial charge in [-0.15, -0.1) is 0 Å². The third kappa shape index (κ3) is 4.30. The van der Waals surface area contributed by atoms with E-state index in [9.17, 15) is 0 Å². The smallest absolute Gasteiger partial charge is 0.0335 e. The van der Waals surface area contributed by atoms with Gasteiger partial charge in [0, 0.05) is 6.54 Å². The summed E-state index contributed by atoms with van der Waals surface area (Å²) in [7, 11) is 1.94. The molecule has 1 aromatic carbocycles. The summed E-state index contributed by atoms with van der Waals surface area (Å²) in [5.74, 6) is 0. The molecular formula is C8H11ClNS-. The Morgan fingerprint density at radius 2 is 1.82 bits per heavy atom. The van der Waals surface area contributed by atoms with E-state index in [4.69, 9.17) is 0 Å². The van der Waals surface area contributed by atoms with Crippen LogP contribution >= 0.6 is 12.8 Å². The van der Waals surface area contributed by atoms with Crippen LogP contribution in [0.25, 0.3) is 0 Å². The number of benzene rings is 1. The van der Waals surface area contributed by atoms with Crippen molar-refractivity contribution in [3.63, 3.8) is 0 Å². The zero-order valence-corrected chi connectivity index (χ0v) is 8.02. The highest BCUT2D eigenvalue weighted by molar-refractivity contribution is 7.77. The van der Waals surface area contributed by atoms with Gasteiger partial charge in [0.25, 0.3) is 0 Å². The first kappa shape index (κ1) is 10.8. The molecule has 1 aromatic rings. The minimum Gasteiger partial charge on any atom is -1.00 e. The van der Waals surface area contributed by atoms with E-state index in [1.54, 1.807) is 0 Å². The van der Waals surface area contributed by atoms with Crippen molar-refractivity contribution < 1.29 is 12.4 Å². The number of thiol groups is 1. The van der Waals surface area contributed by atoms with Crippen molar-refractivity contribution in [1.82, 2.24) is 4.31 Å². The molecule has 0 atom stereocenters. The van der Waals surface area contributed by atoms with Crippen molar-refractivity contribution in [3.05, 3.63) is 35.9 Å². The Morgan fingerprint density at radius 3 is 2.27 bits per heavy atom. The van der Waals surface area contributed by atoms with Crippen LogP contribution in [0, 0.1) is 0 Å². The second-order valence-corrected chi connectivity index (χ2v) is 2.98. The Balaban J connectivity index is 0.000001000. The largest absolute Gasteiger partial charge is 1.00 e. The van der Waals surface area contributed by atoms with E-state index in [-0.39, 0.29) is 12.4 Å². The predicted octanol–water partition coefficient (Wildman–Crippen LogP) is -1.03. The number of hydrogen-bond acceptors (Lipinski definition) is 2. The average Bonchev–Trinajstić information content (AvgIpc) is 1.88. The van der Waals surface area contributed by atoms with Gasteiger partial charge in [-0.2, -0.15) is 0 Å². The molecule has 1 nitrogen and oxygen atoms in total. The van der Waals surface area contributed by atoms with Crippen LogP contribution in [0.5, 0.6) is 0 Å². The standard InChI is InChI=1S/C8H11NS.ClH/c1-9(10)7-8-5-3-2-4-6-8;/h2-6,10H,7H2,1H3;1H/p-1. The lowest BCUT2D eigenvalue weighted by Gasteiger charge is -2.06. The van der Waals surface area contributed by atoms with Crippen LogP contribution in [0.2, 0.25) is 0 Å². The molecule has 0 heterocycles. The van der Waals surface area contributed by atoms with E-state index >= 15 is 0 Å². The van der Waals surface area contributed by atoms with Crippen molar-refractivity contribution in [2.24, 2.45) is 0 Å². The maximum atomic E-state index is 4.14. The van der Waals surface area contributed by atoms with Crippen LogP contribution in [0.4, 0.5) is 0 Å². The number of rotatable bonds is 2. The highest BCUT2D eigenvalue weighted by Crippen LogP contribution is 2.02. The van der Waals surface area contributed by atoms with Crippen LogP contribution in [0.1, 0.15) is 5.56 Å². The lowest BCUT2D eigenvalue weighted by atomic mass is 10.2. The molecule has 0 aliphatic rings. The molecule has 0 bridgehead atoms. The van der Waals surface area contributed by atoms with E-state index in [0.29, 0.717) is 0 Å². The van der Waals surface area contributed by atoms with E-state index in [1.165, 1.54) is 5.56 Å². The number of halogens is 1. The van der Waals surface area contributed by atoms with E-state index in [2.05, 4.69) is 24.9 Å². The number of hydrogen-bond donors (Lipinski definition) is 1. The summed E-state index contributed by atoms with van der Waals surface area (Å²) in [5.41, 5.74) is 1.29. The summed E-state index contributed by atoms with van der Waals surface area (Å²) in [6.07, 6.45) is 0. The molecule has 0 radical (unpaired) electrons. The van der Waals surface area contributed by atoms with Gasteiger partial charge >= 0.3 is 0 Å². The first-order valence-corrected chi connectivity index (χ1v) is 3.63. The first-order valence-electron chi connectivity index (χ1n) is 3.23. The Bertz CT molecular complexity index is 189. The quantitative estimate of drug-likeness (QED) is 0.581. The molecular weight excluding hydrogens is 178 g/mol. The van der Waals surface area contributed by atoms with Crippen molar-refractivity contribution in [2.75, 3.05) is 7.05 Å². The lowest BCUT2D eigenvalue weighted by Crippen LogP contribution is -3.00. The predicted molar refractivity (Wildman–Crippen MR) is 46.9 cm³/mol. The molecule has 0 fully saturated rings. The lowest BCUT2D eigenvalue weighted by molar-refractivity contribution is -0.00000201. The normalized spacial score (nSPS) is 9.36. The fraction of sp³-hybridized carbons (Fsp3) is 0.250. The third-order valence-electron chi connectivity index (χ3n) is 1.25. The SMILES string of the molecule is CN(S)Cc1ccccc1.[Cl-]. The van der Waals surface area contributed by atoms with Crippen LogP contribution < -0.4 is 12.4 Å². The summed E-state index contributed by atoms with van der Waals surface area (Å²) in [6, 6.07) is 10.3. The molecule has 0 aliphatic heterocycles. The second kappa shape index (κ2) is 5.47. The fourth-order valence-electron chi connectivity index (χ4n) is 0.848. The van der Waals surface area contributed by atoms with Gasteiger partial charge in [-0.25, -0.2) is 0 Å².